The summed E-state index contributed by atoms with van der Waals surface area (Å²) in [7, 11) is 0. The molecule has 4 heteroatoms. The molecule has 1 aliphatic rings. The Kier molecular flexibility index (Phi) is 6.87. The zero-order chi connectivity index (χ0) is 16.9. The van der Waals surface area contributed by atoms with Gasteiger partial charge in [0.05, 0.1) is 12.6 Å². The Morgan fingerprint density at radius 2 is 1.95 bits per heavy atom. The van der Waals surface area contributed by atoms with Crippen LogP contribution in [0.15, 0.2) is 0 Å². The van der Waals surface area contributed by atoms with Gasteiger partial charge in [-0.25, -0.2) is 0 Å². The maximum Gasteiger partial charge on any atom is 0.235 e. The number of rotatable bonds is 5. The highest BCUT2D eigenvalue weighted by atomic mass is 16.2. The summed E-state index contributed by atoms with van der Waals surface area (Å²) < 4.78 is 0. The van der Waals surface area contributed by atoms with Gasteiger partial charge >= 0.3 is 0 Å². The third-order valence-electron chi connectivity index (χ3n) is 5.24. The third kappa shape index (κ3) is 4.98. The van der Waals surface area contributed by atoms with Crippen molar-refractivity contribution in [3.05, 3.63) is 0 Å². The van der Waals surface area contributed by atoms with Crippen LogP contribution in [-0.4, -0.2) is 35.5 Å². The van der Waals surface area contributed by atoms with Gasteiger partial charge in [-0.05, 0) is 50.5 Å². The van der Waals surface area contributed by atoms with Gasteiger partial charge in [-0.15, -0.1) is 0 Å². The van der Waals surface area contributed by atoms with E-state index in [2.05, 4.69) is 37.1 Å². The maximum atomic E-state index is 12.4. The molecule has 0 aromatic heterocycles. The molecule has 1 rings (SSSR count). The van der Waals surface area contributed by atoms with Gasteiger partial charge in [0, 0.05) is 6.04 Å². The summed E-state index contributed by atoms with van der Waals surface area (Å²) in [6.07, 6.45) is 3.55. The molecule has 3 unspecified atom stereocenters. The zero-order valence-electron chi connectivity index (χ0n) is 15.1. The van der Waals surface area contributed by atoms with Crippen molar-refractivity contribution in [3.8, 4) is 6.07 Å². The minimum Gasteiger partial charge on any atom is -0.337 e. The highest BCUT2D eigenvalue weighted by molar-refractivity contribution is 5.79. The first-order chi connectivity index (χ1) is 10.2. The van der Waals surface area contributed by atoms with Crippen LogP contribution in [0.2, 0.25) is 0 Å². The van der Waals surface area contributed by atoms with E-state index in [1.807, 2.05) is 13.8 Å². The molecule has 3 atom stereocenters. The topological polar surface area (TPSA) is 56.1 Å². The van der Waals surface area contributed by atoms with Gasteiger partial charge in [0.1, 0.15) is 5.54 Å². The maximum absolute atomic E-state index is 12.4. The first-order valence-corrected chi connectivity index (χ1v) is 8.66. The van der Waals surface area contributed by atoms with E-state index in [1.165, 1.54) is 6.42 Å². The first-order valence-electron chi connectivity index (χ1n) is 8.66. The number of hydrogen-bond donors (Lipinski definition) is 1. The molecule has 1 heterocycles. The monoisotopic (exact) mass is 307 g/mol. The van der Waals surface area contributed by atoms with Gasteiger partial charge in [-0.2, -0.15) is 5.26 Å². The highest BCUT2D eigenvalue weighted by Crippen LogP contribution is 2.25. The predicted molar refractivity (Wildman–Crippen MR) is 90.2 cm³/mol. The summed E-state index contributed by atoms with van der Waals surface area (Å²) in [5.41, 5.74) is -0.788. The van der Waals surface area contributed by atoms with E-state index in [9.17, 15) is 10.1 Å². The molecule has 22 heavy (non-hydrogen) atoms. The first kappa shape index (κ1) is 19.0. The normalized spacial score (nSPS) is 26.3. The number of nitriles is 1. The average molecular weight is 307 g/mol. The standard InChI is InChI=1S/C18H33N3O/c1-13(2)16-8-7-15(5)9-10-21(16)11-17(22)20-18(6,12-19)14(3)4/h13-16H,7-11H2,1-6H3,(H,20,22). The van der Waals surface area contributed by atoms with E-state index in [-0.39, 0.29) is 11.8 Å². The quantitative estimate of drug-likeness (QED) is 0.848. The van der Waals surface area contributed by atoms with E-state index in [0.717, 1.165) is 25.3 Å². The third-order valence-corrected chi connectivity index (χ3v) is 5.24. The van der Waals surface area contributed by atoms with Crippen molar-refractivity contribution in [3.63, 3.8) is 0 Å². The SMILES string of the molecule is CC1CCC(C(C)C)N(CC(=O)NC(C)(C#N)C(C)C)CC1. The summed E-state index contributed by atoms with van der Waals surface area (Å²) in [5, 5.41) is 12.3. The van der Waals surface area contributed by atoms with E-state index in [0.29, 0.717) is 18.5 Å². The minimum absolute atomic E-state index is 0.0297. The van der Waals surface area contributed by atoms with Crippen molar-refractivity contribution < 1.29 is 4.79 Å². The molecule has 1 amide bonds. The van der Waals surface area contributed by atoms with Crippen LogP contribution in [0.25, 0.3) is 0 Å². The summed E-state index contributed by atoms with van der Waals surface area (Å²) in [6, 6.07) is 2.71. The largest absolute Gasteiger partial charge is 0.337 e. The van der Waals surface area contributed by atoms with Crippen LogP contribution >= 0.6 is 0 Å². The number of nitrogens with zero attached hydrogens (tertiary/aromatic N) is 2. The number of likely N-dealkylation sites (tertiary alicyclic amines) is 1. The molecule has 0 bridgehead atoms. The predicted octanol–water partition coefficient (Wildman–Crippen LogP) is 3.19. The Morgan fingerprint density at radius 1 is 1.32 bits per heavy atom. The summed E-state index contributed by atoms with van der Waals surface area (Å²) in [5.74, 6) is 1.34. The molecule has 0 aromatic carbocycles. The number of carbonyl (C=O) groups is 1. The van der Waals surface area contributed by atoms with E-state index in [4.69, 9.17) is 0 Å². The van der Waals surface area contributed by atoms with Crippen molar-refractivity contribution in [2.75, 3.05) is 13.1 Å². The van der Waals surface area contributed by atoms with Crippen molar-refractivity contribution in [1.82, 2.24) is 10.2 Å². The number of hydrogen-bond acceptors (Lipinski definition) is 3. The van der Waals surface area contributed by atoms with Crippen molar-refractivity contribution in [2.45, 2.75) is 72.4 Å². The van der Waals surface area contributed by atoms with E-state index in [1.54, 1.807) is 6.92 Å². The fraction of sp³-hybridized carbons (Fsp3) is 0.889. The van der Waals surface area contributed by atoms with E-state index < -0.39 is 5.54 Å². The molecule has 1 fully saturated rings. The van der Waals surface area contributed by atoms with Gasteiger partial charge in [0.25, 0.3) is 0 Å². The van der Waals surface area contributed by atoms with Crippen molar-refractivity contribution >= 4 is 5.91 Å². The number of carbonyl (C=O) groups excluding carboxylic acids is 1. The van der Waals surface area contributed by atoms with Gasteiger partial charge in [0.2, 0.25) is 5.91 Å². The number of nitrogens with one attached hydrogen (secondary N) is 1. The summed E-state index contributed by atoms with van der Waals surface area (Å²) in [4.78, 5) is 14.8. The van der Waals surface area contributed by atoms with Crippen LogP contribution in [0.3, 0.4) is 0 Å². The molecule has 0 radical (unpaired) electrons. The number of amides is 1. The second-order valence-electron chi connectivity index (χ2n) is 7.77. The summed E-state index contributed by atoms with van der Waals surface area (Å²) in [6.45, 7) is 13.9. The molecule has 0 spiro atoms. The molecule has 126 valence electrons. The molecule has 1 N–H and O–H groups in total. The Bertz CT molecular complexity index is 413. The highest BCUT2D eigenvalue weighted by Gasteiger charge is 2.32. The van der Waals surface area contributed by atoms with Crippen LogP contribution in [0.5, 0.6) is 0 Å². The Labute approximate surface area is 136 Å². The Hall–Kier alpha value is -1.08. The van der Waals surface area contributed by atoms with Gasteiger partial charge < -0.3 is 5.32 Å². The smallest absolute Gasteiger partial charge is 0.235 e. The fourth-order valence-electron chi connectivity index (χ4n) is 3.10. The zero-order valence-corrected chi connectivity index (χ0v) is 15.1. The minimum atomic E-state index is -0.788. The van der Waals surface area contributed by atoms with Crippen molar-refractivity contribution in [2.24, 2.45) is 17.8 Å². The van der Waals surface area contributed by atoms with Gasteiger partial charge in [-0.3, -0.25) is 9.69 Å². The molecular formula is C18H33N3O. The molecule has 1 saturated heterocycles. The molecule has 1 aliphatic heterocycles. The Morgan fingerprint density at radius 3 is 2.45 bits per heavy atom. The second kappa shape index (κ2) is 7.97. The molecule has 4 nitrogen and oxygen atoms in total. The van der Waals surface area contributed by atoms with Crippen LogP contribution in [0.1, 0.15) is 60.8 Å². The molecule has 0 aromatic rings. The molecule has 0 saturated carbocycles. The lowest BCUT2D eigenvalue weighted by molar-refractivity contribution is -0.124. The lowest BCUT2D eigenvalue weighted by Crippen LogP contribution is -2.53. The van der Waals surface area contributed by atoms with Gasteiger partial charge in [-0.1, -0.05) is 34.6 Å². The lowest BCUT2D eigenvalue weighted by atomic mass is 9.90. The van der Waals surface area contributed by atoms with E-state index >= 15 is 0 Å². The van der Waals surface area contributed by atoms with Crippen LogP contribution < -0.4 is 5.32 Å². The molecule has 0 aliphatic carbocycles. The lowest BCUT2D eigenvalue weighted by Gasteiger charge is -2.34. The molecular weight excluding hydrogens is 274 g/mol. The van der Waals surface area contributed by atoms with Gasteiger partial charge in [0.15, 0.2) is 0 Å². The van der Waals surface area contributed by atoms with Crippen LogP contribution in [0, 0.1) is 29.1 Å². The summed E-state index contributed by atoms with van der Waals surface area (Å²) >= 11 is 0. The van der Waals surface area contributed by atoms with Crippen LogP contribution in [-0.2, 0) is 4.79 Å². The Balaban J connectivity index is 2.73. The average Bonchev–Trinajstić information content (AvgIpc) is 2.60. The fourth-order valence-corrected chi connectivity index (χ4v) is 3.10. The van der Waals surface area contributed by atoms with Crippen LogP contribution in [0.4, 0.5) is 0 Å². The second-order valence-corrected chi connectivity index (χ2v) is 7.77. The van der Waals surface area contributed by atoms with Crippen molar-refractivity contribution in [1.29, 1.82) is 5.26 Å².